The molecule has 0 aliphatic heterocycles. The summed E-state index contributed by atoms with van der Waals surface area (Å²) in [5.74, 6) is 0.567. The molecule has 0 unspecified atom stereocenters. The van der Waals surface area contributed by atoms with Crippen LogP contribution in [0.4, 0.5) is 0 Å². The number of hydrogen-bond donors (Lipinski definition) is 1. The van der Waals surface area contributed by atoms with E-state index in [9.17, 15) is 4.79 Å². The van der Waals surface area contributed by atoms with Crippen molar-refractivity contribution in [1.29, 1.82) is 0 Å². The van der Waals surface area contributed by atoms with Gasteiger partial charge in [-0.3, -0.25) is 9.78 Å². The van der Waals surface area contributed by atoms with E-state index in [1.165, 1.54) is 5.56 Å². The van der Waals surface area contributed by atoms with Gasteiger partial charge < -0.3 is 5.32 Å². The molecule has 0 saturated carbocycles. The van der Waals surface area contributed by atoms with Crippen LogP contribution in [0.5, 0.6) is 0 Å². The van der Waals surface area contributed by atoms with Crippen LogP contribution in [0.1, 0.15) is 42.4 Å². The number of fused-ring (bicyclic) bond motifs is 3. The molecular weight excluding hydrogens is 376 g/mol. The fourth-order valence-electron chi connectivity index (χ4n) is 3.60. The predicted molar refractivity (Wildman–Crippen MR) is 124 cm³/mol. The van der Waals surface area contributed by atoms with Crippen LogP contribution < -0.4 is 5.32 Å². The molecule has 4 rings (SSSR count). The Morgan fingerprint density at radius 3 is 2.62 bits per heavy atom. The average molecular weight is 403 g/mol. The maximum absolute atomic E-state index is 13.1. The summed E-state index contributed by atoms with van der Waals surface area (Å²) in [7, 11) is 0. The van der Waals surface area contributed by atoms with E-state index in [0.29, 0.717) is 12.5 Å². The third-order valence-electron chi connectivity index (χ3n) is 5.27. The zero-order chi connectivity index (χ0) is 20.4. The Morgan fingerprint density at radius 2 is 1.90 bits per heavy atom. The molecule has 0 radical (unpaired) electrons. The lowest BCUT2D eigenvalue weighted by Crippen LogP contribution is -2.24. The first-order chi connectivity index (χ1) is 14.1. The molecule has 0 bridgehead atoms. The van der Waals surface area contributed by atoms with Crippen molar-refractivity contribution in [2.45, 2.75) is 33.6 Å². The Bertz CT molecular complexity index is 1160. The molecule has 148 valence electrons. The van der Waals surface area contributed by atoms with Crippen LogP contribution in [0.25, 0.3) is 32.1 Å². The first-order valence-corrected chi connectivity index (χ1v) is 11.1. The van der Waals surface area contributed by atoms with E-state index in [2.05, 4.69) is 56.4 Å². The summed E-state index contributed by atoms with van der Waals surface area (Å²) in [5.41, 5.74) is 4.30. The Balaban J connectivity index is 1.90. The number of thiophene rings is 1. The smallest absolute Gasteiger partial charge is 0.262 e. The highest BCUT2D eigenvalue weighted by Gasteiger charge is 2.21. The molecular formula is C25H26N2OS. The Labute approximate surface area is 175 Å². The number of carbonyl (C=O) groups is 1. The van der Waals surface area contributed by atoms with E-state index in [1.807, 2.05) is 24.4 Å². The first-order valence-electron chi connectivity index (χ1n) is 10.3. The first kappa shape index (κ1) is 19.6. The van der Waals surface area contributed by atoms with Gasteiger partial charge in [-0.05, 0) is 42.0 Å². The van der Waals surface area contributed by atoms with Gasteiger partial charge in [-0.15, -0.1) is 11.3 Å². The standard InChI is InChI=1S/C25H26N2OS/c1-4-17-10-11-21-19(14-17)23-20(15-27-21)22(18-8-6-5-7-9-18)24(29-23)25(28)26-13-12-16(2)3/h5-11,14-16H,4,12-13H2,1-3H3,(H,26,28). The normalized spacial score (nSPS) is 11.4. The topological polar surface area (TPSA) is 42.0 Å². The van der Waals surface area contributed by atoms with Gasteiger partial charge in [-0.1, -0.05) is 57.2 Å². The van der Waals surface area contributed by atoms with Gasteiger partial charge in [0.2, 0.25) is 0 Å². The SMILES string of the molecule is CCc1ccc2ncc3c(-c4ccccc4)c(C(=O)NCCC(C)C)sc3c2c1. The molecule has 0 atom stereocenters. The number of hydrogen-bond acceptors (Lipinski definition) is 3. The van der Waals surface area contributed by atoms with Crippen molar-refractivity contribution in [3.05, 3.63) is 65.2 Å². The molecule has 2 aromatic carbocycles. The van der Waals surface area contributed by atoms with Gasteiger partial charge in [-0.25, -0.2) is 0 Å². The number of amides is 1. The number of nitrogens with zero attached hydrogens (tertiary/aromatic N) is 1. The van der Waals surface area contributed by atoms with Crippen LogP contribution in [0, 0.1) is 5.92 Å². The lowest BCUT2D eigenvalue weighted by atomic mass is 10.0. The minimum absolute atomic E-state index is 0.00509. The van der Waals surface area contributed by atoms with Crippen LogP contribution >= 0.6 is 11.3 Å². The third kappa shape index (κ3) is 3.90. The van der Waals surface area contributed by atoms with E-state index in [-0.39, 0.29) is 5.91 Å². The van der Waals surface area contributed by atoms with E-state index >= 15 is 0 Å². The van der Waals surface area contributed by atoms with Gasteiger partial charge in [0, 0.05) is 33.8 Å². The highest BCUT2D eigenvalue weighted by molar-refractivity contribution is 7.22. The molecule has 0 fully saturated rings. The summed E-state index contributed by atoms with van der Waals surface area (Å²) in [4.78, 5) is 18.6. The molecule has 2 aromatic heterocycles. The van der Waals surface area contributed by atoms with Crippen LogP contribution in [0.3, 0.4) is 0 Å². The zero-order valence-electron chi connectivity index (χ0n) is 17.2. The largest absolute Gasteiger partial charge is 0.351 e. The summed E-state index contributed by atoms with van der Waals surface area (Å²) in [5, 5.41) is 5.30. The fraction of sp³-hybridized carbons (Fsp3) is 0.280. The summed E-state index contributed by atoms with van der Waals surface area (Å²) >= 11 is 1.58. The van der Waals surface area contributed by atoms with Crippen molar-refractivity contribution in [2.24, 2.45) is 5.92 Å². The van der Waals surface area contributed by atoms with E-state index in [4.69, 9.17) is 4.98 Å². The number of pyridine rings is 1. The molecule has 0 spiro atoms. The fourth-order valence-corrected chi connectivity index (χ4v) is 4.84. The van der Waals surface area contributed by atoms with Crippen molar-refractivity contribution in [3.8, 4) is 11.1 Å². The predicted octanol–water partition coefficient (Wildman–Crippen LogP) is 6.45. The number of rotatable bonds is 6. The summed E-state index contributed by atoms with van der Waals surface area (Å²) in [6.07, 6.45) is 3.88. The second-order valence-electron chi connectivity index (χ2n) is 7.82. The molecule has 0 aliphatic carbocycles. The molecule has 0 aliphatic rings. The van der Waals surface area contributed by atoms with Gasteiger partial charge in [0.25, 0.3) is 5.91 Å². The van der Waals surface area contributed by atoms with E-state index < -0.39 is 0 Å². The Kier molecular flexibility index (Phi) is 5.63. The number of benzene rings is 2. The Hall–Kier alpha value is -2.72. The quantitative estimate of drug-likeness (QED) is 0.402. The van der Waals surface area contributed by atoms with Crippen LogP contribution in [-0.2, 0) is 6.42 Å². The summed E-state index contributed by atoms with van der Waals surface area (Å²) in [6.45, 7) is 7.19. The molecule has 4 aromatic rings. The highest BCUT2D eigenvalue weighted by atomic mass is 32.1. The monoisotopic (exact) mass is 402 g/mol. The maximum atomic E-state index is 13.1. The van der Waals surface area contributed by atoms with Crippen molar-refractivity contribution in [2.75, 3.05) is 6.54 Å². The number of aryl methyl sites for hydroxylation is 1. The maximum Gasteiger partial charge on any atom is 0.262 e. The van der Waals surface area contributed by atoms with Gasteiger partial charge in [0.15, 0.2) is 0 Å². The van der Waals surface area contributed by atoms with Crippen LogP contribution in [-0.4, -0.2) is 17.4 Å². The van der Waals surface area contributed by atoms with Crippen molar-refractivity contribution in [3.63, 3.8) is 0 Å². The van der Waals surface area contributed by atoms with Crippen molar-refractivity contribution < 1.29 is 4.79 Å². The highest BCUT2D eigenvalue weighted by Crippen LogP contribution is 2.41. The number of carbonyl (C=O) groups excluding carboxylic acids is 1. The second-order valence-corrected chi connectivity index (χ2v) is 8.84. The second kappa shape index (κ2) is 8.34. The lowest BCUT2D eigenvalue weighted by molar-refractivity contribution is 0.0956. The average Bonchev–Trinajstić information content (AvgIpc) is 3.14. The molecule has 1 N–H and O–H groups in total. The van der Waals surface area contributed by atoms with Crippen molar-refractivity contribution in [1.82, 2.24) is 10.3 Å². The molecule has 1 amide bonds. The van der Waals surface area contributed by atoms with Crippen LogP contribution in [0.15, 0.2) is 54.7 Å². The van der Waals surface area contributed by atoms with E-state index in [1.54, 1.807) is 11.3 Å². The zero-order valence-corrected chi connectivity index (χ0v) is 18.0. The van der Waals surface area contributed by atoms with Gasteiger partial charge >= 0.3 is 0 Å². The number of aromatic nitrogens is 1. The summed E-state index contributed by atoms with van der Waals surface area (Å²) < 4.78 is 1.14. The molecule has 2 heterocycles. The van der Waals surface area contributed by atoms with E-state index in [0.717, 1.165) is 49.8 Å². The third-order valence-corrected chi connectivity index (χ3v) is 6.51. The molecule has 4 heteroatoms. The van der Waals surface area contributed by atoms with Gasteiger partial charge in [-0.2, -0.15) is 0 Å². The van der Waals surface area contributed by atoms with Crippen LogP contribution in [0.2, 0.25) is 0 Å². The minimum atomic E-state index is 0.00509. The lowest BCUT2D eigenvalue weighted by Gasteiger charge is -2.08. The van der Waals surface area contributed by atoms with Gasteiger partial charge in [0.1, 0.15) is 4.88 Å². The minimum Gasteiger partial charge on any atom is -0.351 e. The van der Waals surface area contributed by atoms with Gasteiger partial charge in [0.05, 0.1) is 5.52 Å². The Morgan fingerprint density at radius 1 is 1.10 bits per heavy atom. The molecule has 0 saturated heterocycles. The number of nitrogens with one attached hydrogen (secondary N) is 1. The van der Waals surface area contributed by atoms with Crippen molar-refractivity contribution >= 4 is 38.2 Å². The molecule has 3 nitrogen and oxygen atoms in total. The molecule has 29 heavy (non-hydrogen) atoms. The summed E-state index contributed by atoms with van der Waals surface area (Å²) in [6, 6.07) is 16.6.